The Balaban J connectivity index is 1.69. The highest BCUT2D eigenvalue weighted by atomic mass is 32.2. The van der Waals surface area contributed by atoms with Gasteiger partial charge in [-0.15, -0.1) is 0 Å². The van der Waals surface area contributed by atoms with Crippen LogP contribution in [0.2, 0.25) is 0 Å². The summed E-state index contributed by atoms with van der Waals surface area (Å²) in [5.74, 6) is -0.00601. The molecule has 1 atom stereocenters. The van der Waals surface area contributed by atoms with Crippen molar-refractivity contribution in [1.82, 2.24) is 4.90 Å². The van der Waals surface area contributed by atoms with E-state index >= 15 is 0 Å². The average Bonchev–Trinajstić information content (AvgIpc) is 3.12. The fourth-order valence-corrected chi connectivity index (χ4v) is 5.77. The molecule has 0 bridgehead atoms. The van der Waals surface area contributed by atoms with Gasteiger partial charge in [0.1, 0.15) is 9.23 Å². The zero-order valence-corrected chi connectivity index (χ0v) is 16.3. The van der Waals surface area contributed by atoms with Gasteiger partial charge in [0.2, 0.25) is 0 Å². The third-order valence-corrected chi connectivity index (χ3v) is 7.16. The Labute approximate surface area is 161 Å². The van der Waals surface area contributed by atoms with Crippen LogP contribution >= 0.6 is 35.7 Å². The predicted octanol–water partition coefficient (Wildman–Crippen LogP) is 5.02. The van der Waals surface area contributed by atoms with Crippen LogP contribution in [0.4, 0.5) is 5.69 Å². The first-order valence-electron chi connectivity index (χ1n) is 7.93. The first-order valence-corrected chi connectivity index (χ1v) is 9.97. The maximum atomic E-state index is 13.1. The van der Waals surface area contributed by atoms with Crippen LogP contribution in [0.3, 0.4) is 0 Å². The van der Waals surface area contributed by atoms with E-state index in [1.54, 1.807) is 16.7 Å². The van der Waals surface area contributed by atoms with Crippen molar-refractivity contribution >= 4 is 51.7 Å². The molecular weight excluding hydrogens is 368 g/mol. The van der Waals surface area contributed by atoms with E-state index in [0.29, 0.717) is 4.32 Å². The van der Waals surface area contributed by atoms with Crippen LogP contribution < -0.4 is 4.90 Å². The summed E-state index contributed by atoms with van der Waals surface area (Å²) < 4.78 is 0.619. The largest absolute Gasteiger partial charge is 0.337 e. The van der Waals surface area contributed by atoms with Crippen molar-refractivity contribution < 1.29 is 4.79 Å². The number of thiocarbonyl (C=S) groups is 1. The number of anilines is 1. The van der Waals surface area contributed by atoms with E-state index in [1.807, 2.05) is 56.4 Å². The van der Waals surface area contributed by atoms with E-state index in [1.165, 1.54) is 16.7 Å². The quantitative estimate of drug-likeness (QED) is 0.534. The summed E-state index contributed by atoms with van der Waals surface area (Å²) in [6.45, 7) is 2.02. The summed E-state index contributed by atoms with van der Waals surface area (Å²) in [6, 6.07) is 18.1. The first kappa shape index (κ1) is 16.7. The number of carbonyl (C=O) groups excluding carboxylic acids is 1. The van der Waals surface area contributed by atoms with Crippen molar-refractivity contribution in [3.05, 3.63) is 70.1 Å². The van der Waals surface area contributed by atoms with Gasteiger partial charge in [0, 0.05) is 11.9 Å². The summed E-state index contributed by atoms with van der Waals surface area (Å²) in [5.41, 5.74) is 2.21. The van der Waals surface area contributed by atoms with E-state index < -0.39 is 0 Å². The van der Waals surface area contributed by atoms with Gasteiger partial charge in [-0.1, -0.05) is 78.2 Å². The second kappa shape index (κ2) is 6.52. The molecule has 1 unspecified atom stereocenters. The Hall–Kier alpha value is -1.76. The molecule has 0 aliphatic carbocycles. The van der Waals surface area contributed by atoms with E-state index in [-0.39, 0.29) is 11.9 Å². The van der Waals surface area contributed by atoms with Gasteiger partial charge in [-0.25, -0.2) is 0 Å². The molecule has 2 aromatic carbocycles. The second-order valence-corrected chi connectivity index (χ2v) is 8.57. The van der Waals surface area contributed by atoms with Crippen molar-refractivity contribution in [2.45, 2.75) is 17.9 Å². The number of carbonyl (C=O) groups is 1. The summed E-state index contributed by atoms with van der Waals surface area (Å²) in [4.78, 5) is 18.8. The third-order valence-electron chi connectivity index (χ3n) is 4.40. The predicted molar refractivity (Wildman–Crippen MR) is 110 cm³/mol. The Morgan fingerprint density at radius 1 is 1.00 bits per heavy atom. The molecule has 0 N–H and O–H groups in total. The number of fused-ring (bicyclic) bond motifs is 1. The zero-order valence-electron chi connectivity index (χ0n) is 13.8. The van der Waals surface area contributed by atoms with Gasteiger partial charge >= 0.3 is 0 Å². The summed E-state index contributed by atoms with van der Waals surface area (Å²) in [6.07, 6.45) is 0. The highest BCUT2D eigenvalue weighted by Crippen LogP contribution is 2.50. The van der Waals surface area contributed by atoms with Gasteiger partial charge in [0.25, 0.3) is 5.91 Å². The van der Waals surface area contributed by atoms with E-state index in [4.69, 9.17) is 12.2 Å². The molecule has 0 saturated carbocycles. The molecule has 126 valence electrons. The number of hydrogen-bond donors (Lipinski definition) is 0. The summed E-state index contributed by atoms with van der Waals surface area (Å²) >= 11 is 8.57. The number of rotatable bonds is 2. The molecule has 2 aliphatic heterocycles. The van der Waals surface area contributed by atoms with Gasteiger partial charge in [-0.3, -0.25) is 9.69 Å². The molecule has 1 fully saturated rings. The van der Waals surface area contributed by atoms with Crippen LogP contribution in [0.1, 0.15) is 18.5 Å². The minimum Gasteiger partial charge on any atom is -0.337 e. The minimum absolute atomic E-state index is 0.00601. The highest BCUT2D eigenvalue weighted by molar-refractivity contribution is 8.27. The van der Waals surface area contributed by atoms with Crippen LogP contribution in [0, 0.1) is 0 Å². The lowest BCUT2D eigenvalue weighted by atomic mass is 10.1. The molecule has 1 saturated heterocycles. The van der Waals surface area contributed by atoms with E-state index in [2.05, 4.69) is 17.0 Å². The first-order chi connectivity index (χ1) is 12.1. The topological polar surface area (TPSA) is 23.6 Å². The fourth-order valence-electron chi connectivity index (χ4n) is 3.02. The number of thioether (sulfide) groups is 2. The van der Waals surface area contributed by atoms with Crippen molar-refractivity contribution in [2.24, 2.45) is 0 Å². The Kier molecular flexibility index (Phi) is 4.35. The number of para-hydroxylation sites is 1. The molecule has 0 spiro atoms. The molecule has 25 heavy (non-hydrogen) atoms. The lowest BCUT2D eigenvalue weighted by molar-refractivity contribution is -0.123. The molecule has 2 heterocycles. The van der Waals surface area contributed by atoms with Crippen molar-refractivity contribution in [3.63, 3.8) is 0 Å². The number of amides is 1. The molecule has 2 aromatic rings. The lowest BCUT2D eigenvalue weighted by Gasteiger charge is -2.23. The van der Waals surface area contributed by atoms with Crippen LogP contribution in [0.5, 0.6) is 0 Å². The Morgan fingerprint density at radius 3 is 2.40 bits per heavy atom. The Bertz CT molecular complexity index is 895. The maximum absolute atomic E-state index is 13.1. The highest BCUT2D eigenvalue weighted by Gasteiger charge is 2.40. The monoisotopic (exact) mass is 384 g/mol. The maximum Gasteiger partial charge on any atom is 0.269 e. The average molecular weight is 385 g/mol. The molecule has 0 radical (unpaired) electrons. The van der Waals surface area contributed by atoms with Gasteiger partial charge in [-0.2, -0.15) is 0 Å². The SMILES string of the molecule is CC(c1ccccc1)N1C(=O)C(=C2Sc3ccccc3N2C)SC1=S. The van der Waals surface area contributed by atoms with Crippen LogP contribution in [0.15, 0.2) is 69.4 Å². The van der Waals surface area contributed by atoms with Gasteiger partial charge in [0.15, 0.2) is 0 Å². The summed E-state index contributed by atoms with van der Waals surface area (Å²) in [7, 11) is 2.00. The molecule has 6 heteroatoms. The van der Waals surface area contributed by atoms with Gasteiger partial charge in [0.05, 0.1) is 16.8 Å². The van der Waals surface area contributed by atoms with Crippen LogP contribution in [0.25, 0.3) is 0 Å². The van der Waals surface area contributed by atoms with E-state index in [0.717, 1.165) is 21.2 Å². The molecule has 0 aromatic heterocycles. The van der Waals surface area contributed by atoms with Crippen LogP contribution in [-0.2, 0) is 4.79 Å². The molecular formula is C19H16N2OS3. The lowest BCUT2D eigenvalue weighted by Crippen LogP contribution is -2.31. The van der Waals surface area contributed by atoms with Crippen molar-refractivity contribution in [1.29, 1.82) is 0 Å². The van der Waals surface area contributed by atoms with Gasteiger partial charge in [-0.05, 0) is 24.6 Å². The molecule has 4 rings (SSSR count). The number of benzene rings is 2. The van der Waals surface area contributed by atoms with Crippen molar-refractivity contribution in [3.8, 4) is 0 Å². The molecule has 1 amide bonds. The zero-order chi connectivity index (χ0) is 17.6. The second-order valence-electron chi connectivity index (χ2n) is 5.89. The molecule has 2 aliphatic rings. The number of hydrogen-bond acceptors (Lipinski definition) is 5. The third kappa shape index (κ3) is 2.78. The van der Waals surface area contributed by atoms with Crippen molar-refractivity contribution in [2.75, 3.05) is 11.9 Å². The van der Waals surface area contributed by atoms with Crippen LogP contribution in [-0.4, -0.2) is 22.2 Å². The number of nitrogens with zero attached hydrogens (tertiary/aromatic N) is 2. The molecule has 3 nitrogen and oxygen atoms in total. The normalized spacial score (nSPS) is 21.0. The smallest absolute Gasteiger partial charge is 0.269 e. The van der Waals surface area contributed by atoms with Gasteiger partial charge < -0.3 is 4.90 Å². The summed E-state index contributed by atoms with van der Waals surface area (Å²) in [5, 5.41) is 0.960. The minimum atomic E-state index is -0.0779. The standard InChI is InChI=1S/C19H16N2OS3/c1-12(13-8-4-3-5-9-13)21-17(22)16(25-19(21)23)18-20(2)14-10-6-7-11-15(14)24-18/h3-12H,1-2H3. The Morgan fingerprint density at radius 2 is 1.68 bits per heavy atom. The van der Waals surface area contributed by atoms with E-state index in [9.17, 15) is 4.79 Å². The fraction of sp³-hybridized carbons (Fsp3) is 0.158.